The molecule has 1 fully saturated rings. The fourth-order valence-electron chi connectivity index (χ4n) is 4.10. The molecule has 0 aliphatic heterocycles. The normalized spacial score (nSPS) is 35.1. The van der Waals surface area contributed by atoms with Gasteiger partial charge in [-0.05, 0) is 52.1 Å². The van der Waals surface area contributed by atoms with Gasteiger partial charge >= 0.3 is 0 Å². The summed E-state index contributed by atoms with van der Waals surface area (Å²) in [6.45, 7) is 13.9. The van der Waals surface area contributed by atoms with Gasteiger partial charge in [-0.3, -0.25) is 0 Å². The zero-order valence-electron chi connectivity index (χ0n) is 14.5. The summed E-state index contributed by atoms with van der Waals surface area (Å²) in [5.41, 5.74) is 3.59. The Labute approximate surface area is 130 Å². The van der Waals surface area contributed by atoms with Crippen molar-refractivity contribution in [3.05, 3.63) is 47.6 Å². The molecule has 3 unspecified atom stereocenters. The van der Waals surface area contributed by atoms with E-state index in [0.29, 0.717) is 0 Å². The summed E-state index contributed by atoms with van der Waals surface area (Å²) in [6.07, 6.45) is 16.2. The van der Waals surface area contributed by atoms with E-state index in [1.54, 1.807) is 0 Å². The Morgan fingerprint density at radius 3 is 1.43 bits per heavy atom. The monoisotopic (exact) mass is 282 g/mol. The van der Waals surface area contributed by atoms with E-state index >= 15 is 0 Å². The average molecular weight is 282 g/mol. The van der Waals surface area contributed by atoms with Crippen LogP contribution in [0.5, 0.6) is 0 Å². The molecule has 114 valence electrons. The summed E-state index contributed by atoms with van der Waals surface area (Å²) in [4.78, 5) is 0. The summed E-state index contributed by atoms with van der Waals surface area (Å²) in [5.74, 6) is 2.91. The fraction of sp³-hybridized carbons (Fsp3) is 0.619. The van der Waals surface area contributed by atoms with Crippen molar-refractivity contribution in [3.8, 4) is 0 Å². The van der Waals surface area contributed by atoms with E-state index in [9.17, 15) is 0 Å². The van der Waals surface area contributed by atoms with E-state index in [-0.39, 0.29) is 10.8 Å². The van der Waals surface area contributed by atoms with Gasteiger partial charge in [0.1, 0.15) is 0 Å². The van der Waals surface area contributed by atoms with E-state index in [1.807, 2.05) is 0 Å². The molecule has 0 aromatic rings. The van der Waals surface area contributed by atoms with Crippen LogP contribution in [-0.2, 0) is 0 Å². The average Bonchev–Trinajstić information content (AvgIpc) is 2.73. The molecule has 0 bridgehead atoms. The zero-order valence-corrected chi connectivity index (χ0v) is 14.5. The quantitative estimate of drug-likeness (QED) is 0.516. The molecule has 0 saturated heterocycles. The topological polar surface area (TPSA) is 0 Å². The molecule has 3 rings (SSSR count). The highest BCUT2D eigenvalue weighted by Crippen LogP contribution is 2.51. The molecule has 3 aliphatic rings. The SMILES string of the molecule is CC(C)(C)C1=CC2CC3C=C(C(C)(C)C)C=C[C@H]3C2C=C1. The van der Waals surface area contributed by atoms with Gasteiger partial charge in [0.25, 0.3) is 0 Å². The Kier molecular flexibility index (Phi) is 3.35. The van der Waals surface area contributed by atoms with E-state index in [2.05, 4.69) is 78.0 Å². The molecule has 0 spiro atoms. The molecule has 0 radical (unpaired) electrons. The van der Waals surface area contributed by atoms with E-state index in [4.69, 9.17) is 0 Å². The van der Waals surface area contributed by atoms with Crippen molar-refractivity contribution < 1.29 is 0 Å². The molecule has 0 heterocycles. The van der Waals surface area contributed by atoms with Gasteiger partial charge in [0.2, 0.25) is 0 Å². The minimum Gasteiger partial charge on any atom is -0.0799 e. The van der Waals surface area contributed by atoms with Crippen LogP contribution in [-0.4, -0.2) is 0 Å². The standard InChI is InChI=1S/C21H30/c1-20(2,3)16-7-9-18-14(12-16)11-15-13-17(21(4,5)6)8-10-19(15)18/h7-10,12-15,18-19H,11H2,1-6H3/t14?,15?,18-,19?/m1/s1. The van der Waals surface area contributed by atoms with E-state index in [0.717, 1.165) is 23.7 Å². The maximum absolute atomic E-state index is 2.57. The predicted molar refractivity (Wildman–Crippen MR) is 91.9 cm³/mol. The van der Waals surface area contributed by atoms with Crippen LogP contribution >= 0.6 is 0 Å². The van der Waals surface area contributed by atoms with Crippen molar-refractivity contribution in [3.63, 3.8) is 0 Å². The van der Waals surface area contributed by atoms with Crippen molar-refractivity contribution >= 4 is 0 Å². The number of allylic oxidation sites excluding steroid dienone is 8. The molecule has 3 aliphatic carbocycles. The van der Waals surface area contributed by atoms with Crippen LogP contribution in [0.25, 0.3) is 0 Å². The first-order chi connectivity index (χ1) is 9.66. The Morgan fingerprint density at radius 2 is 1.10 bits per heavy atom. The van der Waals surface area contributed by atoms with Gasteiger partial charge in [-0.1, -0.05) is 78.0 Å². The van der Waals surface area contributed by atoms with Gasteiger partial charge in [-0.25, -0.2) is 0 Å². The first kappa shape index (κ1) is 14.9. The highest BCUT2D eigenvalue weighted by Gasteiger charge is 2.42. The van der Waals surface area contributed by atoms with Gasteiger partial charge in [0.15, 0.2) is 0 Å². The largest absolute Gasteiger partial charge is 0.0799 e. The third-order valence-corrected chi connectivity index (χ3v) is 5.49. The second-order valence-corrected chi connectivity index (χ2v) is 9.18. The van der Waals surface area contributed by atoms with Gasteiger partial charge in [-0.15, -0.1) is 0 Å². The molecule has 4 atom stereocenters. The fourth-order valence-corrected chi connectivity index (χ4v) is 4.10. The summed E-state index contributed by atoms with van der Waals surface area (Å²) in [5, 5.41) is 0. The van der Waals surface area contributed by atoms with Crippen molar-refractivity contribution in [2.75, 3.05) is 0 Å². The minimum atomic E-state index is 0.275. The van der Waals surface area contributed by atoms with Crippen molar-refractivity contribution in [1.82, 2.24) is 0 Å². The van der Waals surface area contributed by atoms with Crippen LogP contribution in [0.3, 0.4) is 0 Å². The van der Waals surface area contributed by atoms with Gasteiger partial charge < -0.3 is 0 Å². The van der Waals surface area contributed by atoms with Gasteiger partial charge in [-0.2, -0.15) is 0 Å². The Hall–Kier alpha value is -1.04. The molecule has 1 saturated carbocycles. The summed E-state index contributed by atoms with van der Waals surface area (Å²) < 4.78 is 0. The molecule has 0 aromatic heterocycles. The first-order valence-electron chi connectivity index (χ1n) is 8.47. The molecule has 0 heteroatoms. The highest BCUT2D eigenvalue weighted by molar-refractivity contribution is 5.37. The summed E-state index contributed by atoms with van der Waals surface area (Å²) in [6, 6.07) is 0. The Balaban J connectivity index is 1.86. The summed E-state index contributed by atoms with van der Waals surface area (Å²) in [7, 11) is 0. The van der Waals surface area contributed by atoms with Crippen molar-refractivity contribution in [2.24, 2.45) is 34.5 Å². The molecule has 0 nitrogen and oxygen atoms in total. The lowest BCUT2D eigenvalue weighted by Gasteiger charge is -2.30. The van der Waals surface area contributed by atoms with Gasteiger partial charge in [0, 0.05) is 0 Å². The third kappa shape index (κ3) is 2.70. The molecule has 0 aromatic carbocycles. The second-order valence-electron chi connectivity index (χ2n) is 9.18. The van der Waals surface area contributed by atoms with Crippen molar-refractivity contribution in [1.29, 1.82) is 0 Å². The van der Waals surface area contributed by atoms with Crippen LogP contribution in [0, 0.1) is 34.5 Å². The van der Waals surface area contributed by atoms with Crippen LogP contribution < -0.4 is 0 Å². The molecule has 0 N–H and O–H groups in total. The van der Waals surface area contributed by atoms with Crippen LogP contribution in [0.1, 0.15) is 48.0 Å². The maximum atomic E-state index is 2.57. The summed E-state index contributed by atoms with van der Waals surface area (Å²) >= 11 is 0. The minimum absolute atomic E-state index is 0.275. The molecule has 21 heavy (non-hydrogen) atoms. The lowest BCUT2D eigenvalue weighted by Crippen LogP contribution is -2.20. The Morgan fingerprint density at radius 1 is 0.714 bits per heavy atom. The molecular weight excluding hydrogens is 252 g/mol. The zero-order chi connectivity index (χ0) is 15.4. The number of hydrogen-bond acceptors (Lipinski definition) is 0. The lowest BCUT2D eigenvalue weighted by atomic mass is 9.74. The molecule has 0 amide bonds. The smallest absolute Gasteiger partial charge is 0.00981 e. The van der Waals surface area contributed by atoms with Crippen molar-refractivity contribution in [2.45, 2.75) is 48.0 Å². The third-order valence-electron chi connectivity index (χ3n) is 5.49. The van der Waals surface area contributed by atoms with E-state index in [1.165, 1.54) is 17.6 Å². The number of rotatable bonds is 0. The predicted octanol–water partition coefficient (Wildman–Crippen LogP) is 5.94. The van der Waals surface area contributed by atoms with Crippen LogP contribution in [0.4, 0.5) is 0 Å². The highest BCUT2D eigenvalue weighted by atomic mass is 14.5. The van der Waals surface area contributed by atoms with Crippen LogP contribution in [0.2, 0.25) is 0 Å². The number of hydrogen-bond donors (Lipinski definition) is 0. The van der Waals surface area contributed by atoms with Crippen LogP contribution in [0.15, 0.2) is 47.6 Å². The molecular formula is C21H30. The second kappa shape index (κ2) is 4.73. The van der Waals surface area contributed by atoms with E-state index < -0.39 is 0 Å². The lowest BCUT2D eigenvalue weighted by molar-refractivity contribution is 0.433. The first-order valence-corrected chi connectivity index (χ1v) is 8.47. The maximum Gasteiger partial charge on any atom is -0.00981 e. The Bertz CT molecular complexity index is 490. The number of fused-ring (bicyclic) bond motifs is 3. The van der Waals surface area contributed by atoms with Gasteiger partial charge in [0.05, 0.1) is 0 Å².